The summed E-state index contributed by atoms with van der Waals surface area (Å²) in [6.07, 6.45) is 7.81. The third-order valence-corrected chi connectivity index (χ3v) is 7.46. The van der Waals surface area contributed by atoms with Gasteiger partial charge in [0.2, 0.25) is 0 Å². The number of hydrogen-bond acceptors (Lipinski definition) is 4. The van der Waals surface area contributed by atoms with Gasteiger partial charge >= 0.3 is 11.9 Å². The maximum absolute atomic E-state index is 11.5. The highest BCUT2D eigenvalue weighted by molar-refractivity contribution is 14.1. The van der Waals surface area contributed by atoms with Crippen LogP contribution in [0.25, 0.3) is 0 Å². The standard InChI is InChI=1S/C13H15IO2.C13H16O2.2CH4/c1-8-6-11(9-4-3-5-9)12(14)7-10(8)13(15)16-2;1-9-8-11(10-4-3-5-10)6-7-12(9)13(14)15-2;;/h6-7,9H,3-5H2,1-2H3;6-8,10H,3-5H2,1-2H3;2*1H4. The highest BCUT2D eigenvalue weighted by Crippen LogP contribution is 2.39. The van der Waals surface area contributed by atoms with Crippen molar-refractivity contribution >= 4 is 34.5 Å². The minimum absolute atomic E-state index is 0. The second-order valence-corrected chi connectivity index (χ2v) is 9.66. The molecule has 2 fully saturated rings. The van der Waals surface area contributed by atoms with Crippen LogP contribution in [0.15, 0.2) is 30.3 Å². The number of methoxy groups -OCH3 is 2. The number of aryl methyl sites for hydroxylation is 2. The van der Waals surface area contributed by atoms with Gasteiger partial charge in [0, 0.05) is 3.57 Å². The highest BCUT2D eigenvalue weighted by atomic mass is 127. The Labute approximate surface area is 213 Å². The first-order valence-corrected chi connectivity index (χ1v) is 12.0. The van der Waals surface area contributed by atoms with E-state index in [4.69, 9.17) is 9.47 Å². The van der Waals surface area contributed by atoms with Crippen molar-refractivity contribution < 1.29 is 19.1 Å². The van der Waals surface area contributed by atoms with Gasteiger partial charge in [-0.25, -0.2) is 9.59 Å². The highest BCUT2D eigenvalue weighted by Gasteiger charge is 2.23. The average molecular weight is 567 g/mol. The Morgan fingerprint density at radius 2 is 1.30 bits per heavy atom. The number of carbonyl (C=O) groups excluding carboxylic acids is 2. The molecule has 0 spiro atoms. The Morgan fingerprint density at radius 3 is 1.76 bits per heavy atom. The topological polar surface area (TPSA) is 52.6 Å². The minimum atomic E-state index is -0.243. The SMILES string of the molecule is C.C.COC(=O)c1cc(I)c(C2CCC2)cc1C.COC(=O)c1ccc(C2CCC2)cc1C. The second kappa shape index (κ2) is 13.1. The summed E-state index contributed by atoms with van der Waals surface area (Å²) >= 11 is 2.32. The number of esters is 2. The Morgan fingerprint density at radius 1 is 0.788 bits per heavy atom. The quantitative estimate of drug-likeness (QED) is 0.278. The van der Waals surface area contributed by atoms with Crippen LogP contribution >= 0.6 is 22.6 Å². The molecule has 182 valence electrons. The van der Waals surface area contributed by atoms with Crippen LogP contribution in [0.4, 0.5) is 0 Å². The van der Waals surface area contributed by atoms with Crippen molar-refractivity contribution in [2.45, 2.75) is 79.1 Å². The molecule has 0 unspecified atom stereocenters. The molecule has 4 rings (SSSR count). The monoisotopic (exact) mass is 566 g/mol. The maximum Gasteiger partial charge on any atom is 0.338 e. The fraction of sp³-hybridized carbons (Fsp3) is 0.500. The summed E-state index contributed by atoms with van der Waals surface area (Å²) in [5.74, 6) is 0.941. The zero-order valence-electron chi connectivity index (χ0n) is 18.8. The third kappa shape index (κ3) is 6.81. The molecule has 5 heteroatoms. The van der Waals surface area contributed by atoms with Crippen molar-refractivity contribution in [3.05, 3.63) is 67.3 Å². The van der Waals surface area contributed by atoms with Crippen molar-refractivity contribution in [3.8, 4) is 0 Å². The fourth-order valence-corrected chi connectivity index (χ4v) is 4.99. The van der Waals surface area contributed by atoms with Gasteiger partial charge in [-0.3, -0.25) is 0 Å². The number of ether oxygens (including phenoxy) is 2. The van der Waals surface area contributed by atoms with Crippen molar-refractivity contribution in [2.75, 3.05) is 14.2 Å². The molecular weight excluding hydrogens is 527 g/mol. The number of hydrogen-bond donors (Lipinski definition) is 0. The van der Waals surface area contributed by atoms with Crippen LogP contribution in [0.5, 0.6) is 0 Å². The predicted molar refractivity (Wildman–Crippen MR) is 144 cm³/mol. The Balaban J connectivity index is 0.000000312. The number of rotatable bonds is 4. The van der Waals surface area contributed by atoms with E-state index in [1.807, 2.05) is 26.0 Å². The molecule has 0 saturated heterocycles. The van der Waals surface area contributed by atoms with E-state index in [0.717, 1.165) is 17.0 Å². The van der Waals surface area contributed by atoms with E-state index < -0.39 is 0 Å². The molecule has 0 bridgehead atoms. The van der Waals surface area contributed by atoms with E-state index in [-0.39, 0.29) is 26.8 Å². The molecule has 0 amide bonds. The smallest absolute Gasteiger partial charge is 0.338 e. The summed E-state index contributed by atoms with van der Waals surface area (Å²) in [5, 5.41) is 0. The molecule has 33 heavy (non-hydrogen) atoms. The predicted octanol–water partition coefficient (Wildman–Crippen LogP) is 7.98. The summed E-state index contributed by atoms with van der Waals surface area (Å²) in [7, 11) is 2.84. The van der Waals surface area contributed by atoms with Crippen molar-refractivity contribution in [3.63, 3.8) is 0 Å². The summed E-state index contributed by atoms with van der Waals surface area (Å²) in [6, 6.07) is 10.2. The van der Waals surface area contributed by atoms with Crippen LogP contribution in [-0.4, -0.2) is 26.2 Å². The Kier molecular flexibility index (Phi) is 11.6. The molecule has 4 nitrogen and oxygen atoms in total. The molecule has 2 aliphatic carbocycles. The normalized spacial score (nSPS) is 14.8. The minimum Gasteiger partial charge on any atom is -0.465 e. The lowest BCUT2D eigenvalue weighted by molar-refractivity contribution is 0.0591. The van der Waals surface area contributed by atoms with Crippen molar-refractivity contribution in [1.82, 2.24) is 0 Å². The molecule has 0 radical (unpaired) electrons. The fourth-order valence-electron chi connectivity index (χ4n) is 4.09. The first-order chi connectivity index (χ1) is 14.8. The molecule has 0 aliphatic heterocycles. The summed E-state index contributed by atoms with van der Waals surface area (Å²) in [6.45, 7) is 3.94. The molecule has 2 aromatic rings. The van der Waals surface area contributed by atoms with Crippen LogP contribution in [0, 0.1) is 17.4 Å². The van der Waals surface area contributed by atoms with Gasteiger partial charge in [0.05, 0.1) is 25.3 Å². The molecule has 0 aromatic heterocycles. The first-order valence-electron chi connectivity index (χ1n) is 10.9. The lowest BCUT2D eigenvalue weighted by Gasteiger charge is -2.27. The summed E-state index contributed by atoms with van der Waals surface area (Å²) in [4.78, 5) is 22.9. The van der Waals surface area contributed by atoms with Crippen LogP contribution < -0.4 is 0 Å². The number of carbonyl (C=O) groups is 2. The van der Waals surface area contributed by atoms with E-state index >= 15 is 0 Å². The molecular formula is C28H39IO4. The van der Waals surface area contributed by atoms with Crippen LogP contribution in [-0.2, 0) is 9.47 Å². The van der Waals surface area contributed by atoms with Crippen LogP contribution in [0.1, 0.15) is 108 Å². The lowest BCUT2D eigenvalue weighted by Crippen LogP contribution is -2.12. The first kappa shape index (κ1) is 29.1. The van der Waals surface area contributed by atoms with Crippen LogP contribution in [0.2, 0.25) is 0 Å². The van der Waals surface area contributed by atoms with Gasteiger partial charge in [-0.2, -0.15) is 0 Å². The van der Waals surface area contributed by atoms with E-state index in [2.05, 4.69) is 40.8 Å². The largest absolute Gasteiger partial charge is 0.465 e. The summed E-state index contributed by atoms with van der Waals surface area (Å²) in [5.41, 5.74) is 6.18. The van der Waals surface area contributed by atoms with Gasteiger partial charge in [-0.05, 0) is 108 Å². The van der Waals surface area contributed by atoms with Gasteiger partial charge in [-0.15, -0.1) is 0 Å². The van der Waals surface area contributed by atoms with E-state index in [0.29, 0.717) is 17.0 Å². The lowest BCUT2D eigenvalue weighted by atomic mass is 9.79. The number of benzene rings is 2. The van der Waals surface area contributed by atoms with Gasteiger partial charge in [0.1, 0.15) is 0 Å². The molecule has 2 aliphatic rings. The van der Waals surface area contributed by atoms with E-state index in [1.54, 1.807) is 0 Å². The molecule has 0 heterocycles. The van der Waals surface area contributed by atoms with E-state index in [1.165, 1.54) is 67.4 Å². The van der Waals surface area contributed by atoms with Gasteiger partial charge in [-0.1, -0.05) is 45.9 Å². The van der Waals surface area contributed by atoms with Crippen molar-refractivity contribution in [2.24, 2.45) is 0 Å². The van der Waals surface area contributed by atoms with E-state index in [9.17, 15) is 9.59 Å². The van der Waals surface area contributed by atoms with Crippen molar-refractivity contribution in [1.29, 1.82) is 0 Å². The Bertz CT molecular complexity index is 959. The maximum atomic E-state index is 11.5. The van der Waals surface area contributed by atoms with Gasteiger partial charge in [0.15, 0.2) is 0 Å². The molecule has 2 aromatic carbocycles. The van der Waals surface area contributed by atoms with Gasteiger partial charge in [0.25, 0.3) is 0 Å². The van der Waals surface area contributed by atoms with Gasteiger partial charge < -0.3 is 9.47 Å². The second-order valence-electron chi connectivity index (χ2n) is 8.50. The third-order valence-electron chi connectivity index (χ3n) is 6.53. The summed E-state index contributed by atoms with van der Waals surface area (Å²) < 4.78 is 10.7. The Hall–Kier alpha value is -1.89. The zero-order chi connectivity index (χ0) is 22.5. The number of halogens is 1. The molecule has 0 N–H and O–H groups in total. The molecule has 2 saturated carbocycles. The zero-order valence-corrected chi connectivity index (χ0v) is 21.0. The van der Waals surface area contributed by atoms with Crippen LogP contribution in [0.3, 0.4) is 0 Å². The molecule has 0 atom stereocenters. The average Bonchev–Trinajstić information content (AvgIpc) is 2.67.